The van der Waals surface area contributed by atoms with Gasteiger partial charge in [0.15, 0.2) is 0 Å². The molecule has 0 radical (unpaired) electrons. The summed E-state index contributed by atoms with van der Waals surface area (Å²) in [5.41, 5.74) is 5.43. The number of hydrogen-bond donors (Lipinski definition) is 1. The molecule has 2 saturated carbocycles. The first-order valence-corrected chi connectivity index (χ1v) is 17.8. The largest absolute Gasteiger partial charge is 0.490 e. The summed E-state index contributed by atoms with van der Waals surface area (Å²) in [5, 5.41) is 10.1. The Morgan fingerprint density at radius 3 is 2.08 bits per heavy atom. The molecule has 250 valence electrons. The van der Waals surface area contributed by atoms with Crippen molar-refractivity contribution >= 4 is 34.2 Å². The van der Waals surface area contributed by atoms with E-state index in [0.717, 1.165) is 85.1 Å². The van der Waals surface area contributed by atoms with Crippen molar-refractivity contribution < 1.29 is 9.47 Å². The number of imidazole rings is 2. The van der Waals surface area contributed by atoms with E-state index in [1.807, 2.05) is 36.5 Å². The van der Waals surface area contributed by atoms with E-state index in [2.05, 4.69) is 57.6 Å². The number of nitriles is 1. The van der Waals surface area contributed by atoms with Gasteiger partial charge in [-0.05, 0) is 101 Å². The van der Waals surface area contributed by atoms with Gasteiger partial charge in [0.2, 0.25) is 0 Å². The van der Waals surface area contributed by atoms with E-state index in [9.17, 15) is 0 Å². The van der Waals surface area contributed by atoms with Gasteiger partial charge < -0.3 is 19.0 Å². The van der Waals surface area contributed by atoms with Gasteiger partial charge in [0.1, 0.15) is 34.8 Å². The molecular formula is C39H39Cl2N6O2+. The fourth-order valence-corrected chi connectivity index (χ4v) is 7.50. The smallest absolute Gasteiger partial charge is 0.313 e. The quantitative estimate of drug-likeness (QED) is 0.183. The summed E-state index contributed by atoms with van der Waals surface area (Å²) in [6, 6.07) is 22.4. The highest BCUT2D eigenvalue weighted by atomic mass is 35.5. The van der Waals surface area contributed by atoms with Crippen LogP contribution in [0.25, 0.3) is 15.9 Å². The number of nitrogens with one attached hydrogen (secondary N) is 1. The number of hydrogen-bond acceptors (Lipinski definition) is 5. The molecule has 5 aromatic rings. The molecule has 0 unspecified atom stereocenters. The number of nitrogens with zero attached hydrogens (tertiary/aromatic N) is 5. The molecule has 7 rings (SSSR count). The van der Waals surface area contributed by atoms with E-state index < -0.39 is 0 Å². The Balaban J connectivity index is 0.906. The Morgan fingerprint density at radius 2 is 1.49 bits per heavy atom. The molecule has 2 aliphatic rings. The van der Waals surface area contributed by atoms with Gasteiger partial charge in [-0.1, -0.05) is 28.0 Å². The lowest BCUT2D eigenvalue weighted by Crippen LogP contribution is -2.24. The minimum absolute atomic E-state index is 0.120. The normalized spacial score (nSPS) is 20.7. The minimum Gasteiger partial charge on any atom is -0.490 e. The topological polar surface area (TPSA) is 93.1 Å². The number of rotatable bonds is 7. The molecule has 3 aromatic carbocycles. The maximum atomic E-state index is 9.10. The second kappa shape index (κ2) is 14.5. The zero-order chi connectivity index (χ0) is 33.9. The summed E-state index contributed by atoms with van der Waals surface area (Å²) in [6.07, 6.45) is 10.2. The Kier molecular flexibility index (Phi) is 9.80. The third-order valence-electron chi connectivity index (χ3n) is 9.99. The lowest BCUT2D eigenvalue weighted by atomic mass is 9.86. The highest BCUT2D eigenvalue weighted by Crippen LogP contribution is 2.36. The van der Waals surface area contributed by atoms with Crippen molar-refractivity contribution in [1.82, 2.24) is 19.5 Å². The number of aromatic nitrogens is 4. The number of aryl methyl sites for hydroxylation is 1. The van der Waals surface area contributed by atoms with Crippen molar-refractivity contribution in [1.29, 1.82) is 5.26 Å². The van der Waals surface area contributed by atoms with Crippen molar-refractivity contribution in [2.75, 3.05) is 0 Å². The second-order valence-electron chi connectivity index (χ2n) is 13.3. The lowest BCUT2D eigenvalue weighted by Gasteiger charge is -2.28. The van der Waals surface area contributed by atoms with Gasteiger partial charge in [-0.3, -0.25) is 0 Å². The average molecular weight is 695 g/mol. The molecule has 0 atom stereocenters. The van der Waals surface area contributed by atoms with Gasteiger partial charge in [0, 0.05) is 48.5 Å². The van der Waals surface area contributed by atoms with Gasteiger partial charge >= 0.3 is 6.07 Å². The predicted molar refractivity (Wildman–Crippen MR) is 193 cm³/mol. The van der Waals surface area contributed by atoms with Crippen LogP contribution in [-0.2, 0) is 13.6 Å². The van der Waals surface area contributed by atoms with Crippen molar-refractivity contribution in [3.8, 4) is 23.6 Å². The molecule has 1 N–H and O–H groups in total. The summed E-state index contributed by atoms with van der Waals surface area (Å²) >= 11 is 12.8. The molecule has 49 heavy (non-hydrogen) atoms. The number of fused-ring (bicyclic) bond motifs is 1. The average Bonchev–Trinajstić information content (AvgIpc) is 3.68. The third-order valence-corrected chi connectivity index (χ3v) is 10.6. The summed E-state index contributed by atoms with van der Waals surface area (Å²) in [4.78, 5) is 17.7. The van der Waals surface area contributed by atoms with Crippen molar-refractivity contribution in [2.24, 2.45) is 7.05 Å². The fourth-order valence-electron chi connectivity index (χ4n) is 7.07. The van der Waals surface area contributed by atoms with Gasteiger partial charge in [-0.15, -0.1) is 0 Å². The summed E-state index contributed by atoms with van der Waals surface area (Å²) in [7, 11) is 2.10. The highest BCUT2D eigenvalue weighted by Gasteiger charge is 2.27. The lowest BCUT2D eigenvalue weighted by molar-refractivity contribution is 0.144. The van der Waals surface area contributed by atoms with E-state index in [1.165, 1.54) is 11.5 Å². The van der Waals surface area contributed by atoms with Gasteiger partial charge in [-0.2, -0.15) is 5.26 Å². The summed E-state index contributed by atoms with van der Waals surface area (Å²) in [5.74, 6) is 4.53. The first-order valence-electron chi connectivity index (χ1n) is 17.0. The van der Waals surface area contributed by atoms with Crippen LogP contribution >= 0.6 is 23.2 Å². The fraction of sp³-hybridized carbons (Fsp3) is 0.385. The molecule has 2 heterocycles. The summed E-state index contributed by atoms with van der Waals surface area (Å²) < 4.78 is 14.7. The molecule has 0 amide bonds. The Hall–Kier alpha value is -4.50. The zero-order valence-corrected chi connectivity index (χ0v) is 29.3. The first-order chi connectivity index (χ1) is 23.8. The SMILES string of the molecule is Cc1cnc(C2CCC(Oc3ccc(C#[N+]Cc4ccc5nc(C6CCC(Oc7ccc(C#N)c(Cl)c7)CC6)[nH]c5c4)c(Cl)c3)CC2)n1C. The number of H-pyrrole nitrogens is 1. The number of benzene rings is 3. The molecule has 0 saturated heterocycles. The highest BCUT2D eigenvalue weighted by molar-refractivity contribution is 6.32. The molecule has 2 aromatic heterocycles. The molecule has 2 aliphatic carbocycles. The standard InChI is InChI=1S/C39H39Cl2N6O2/c1-24-21-44-39(47(24)2)27-6-12-31(13-7-27)49-33-15-9-29(35(41)19-33)23-43-22-25-3-16-36-37(17-25)46-38(45-36)26-4-10-30(11-5-26)48-32-14-8-28(20-42)34(40)18-32/h3,8-9,14-19,21,26-27,30-31H,4-7,10-13,22H2,1-2H3,(H,45,46)/q+1. The maximum absolute atomic E-state index is 9.10. The van der Waals surface area contributed by atoms with Crippen LogP contribution in [0, 0.1) is 24.3 Å². The maximum Gasteiger partial charge on any atom is 0.313 e. The Morgan fingerprint density at radius 1 is 0.857 bits per heavy atom. The Labute approximate surface area is 296 Å². The molecule has 0 spiro atoms. The van der Waals surface area contributed by atoms with Crippen LogP contribution in [0.5, 0.6) is 11.5 Å². The number of ether oxygens (including phenoxy) is 2. The van der Waals surface area contributed by atoms with E-state index in [-0.39, 0.29) is 12.2 Å². The van der Waals surface area contributed by atoms with E-state index in [1.54, 1.807) is 12.1 Å². The van der Waals surface area contributed by atoms with Crippen LogP contribution in [0.3, 0.4) is 0 Å². The van der Waals surface area contributed by atoms with Crippen LogP contribution in [0.1, 0.15) is 97.2 Å². The number of halogens is 2. The molecule has 2 fully saturated rings. The number of aromatic amines is 1. The van der Waals surface area contributed by atoms with E-state index in [4.69, 9.17) is 42.9 Å². The Bertz CT molecular complexity index is 2070. The van der Waals surface area contributed by atoms with Gasteiger partial charge in [0.05, 0.1) is 38.9 Å². The van der Waals surface area contributed by atoms with Gasteiger partial charge in [0.25, 0.3) is 6.54 Å². The molecular weight excluding hydrogens is 655 g/mol. The van der Waals surface area contributed by atoms with Crippen LogP contribution in [-0.4, -0.2) is 31.7 Å². The molecule has 10 heteroatoms. The predicted octanol–water partition coefficient (Wildman–Crippen LogP) is 9.87. The van der Waals surface area contributed by atoms with Crippen LogP contribution in [0.15, 0.2) is 60.8 Å². The van der Waals surface area contributed by atoms with Crippen molar-refractivity contribution in [3.63, 3.8) is 0 Å². The van der Waals surface area contributed by atoms with Crippen LogP contribution in [0.2, 0.25) is 10.0 Å². The van der Waals surface area contributed by atoms with Gasteiger partial charge in [-0.25, -0.2) is 9.97 Å². The third kappa shape index (κ3) is 7.57. The first kappa shape index (κ1) is 33.0. The zero-order valence-electron chi connectivity index (χ0n) is 27.8. The van der Waals surface area contributed by atoms with E-state index >= 15 is 0 Å². The van der Waals surface area contributed by atoms with E-state index in [0.29, 0.717) is 39.7 Å². The minimum atomic E-state index is 0.120. The van der Waals surface area contributed by atoms with Crippen LogP contribution < -0.4 is 9.47 Å². The summed E-state index contributed by atoms with van der Waals surface area (Å²) in [6.45, 7) is 2.58. The molecule has 0 aliphatic heterocycles. The molecule has 0 bridgehead atoms. The van der Waals surface area contributed by atoms with Crippen molar-refractivity contribution in [2.45, 2.75) is 88.9 Å². The van der Waals surface area contributed by atoms with Crippen LogP contribution in [0.4, 0.5) is 0 Å². The van der Waals surface area contributed by atoms with Crippen molar-refractivity contribution in [3.05, 3.63) is 110 Å². The molecule has 8 nitrogen and oxygen atoms in total. The second-order valence-corrected chi connectivity index (χ2v) is 14.1. The monoisotopic (exact) mass is 693 g/mol.